The summed E-state index contributed by atoms with van der Waals surface area (Å²) in [5.41, 5.74) is 9.09. The molecule has 6 aromatic carbocycles. The molecule has 0 saturated carbocycles. The average Bonchev–Trinajstić information content (AvgIpc) is 3.01. The van der Waals surface area contributed by atoms with E-state index < -0.39 is 0 Å². The quantitative estimate of drug-likeness (QED) is 0.209. The minimum atomic E-state index is 0.0139. The maximum absolute atomic E-state index is 14.3. The van der Waals surface area contributed by atoms with Gasteiger partial charge in [0.15, 0.2) is 0 Å². The van der Waals surface area contributed by atoms with Crippen LogP contribution in [0.4, 0.5) is 17.1 Å². The number of aromatic nitrogens is 1. The van der Waals surface area contributed by atoms with E-state index in [2.05, 4.69) is 108 Å². The van der Waals surface area contributed by atoms with Gasteiger partial charge in [-0.1, -0.05) is 97.1 Å². The summed E-state index contributed by atoms with van der Waals surface area (Å²) in [5, 5.41) is 5.26. The topological polar surface area (TPSA) is 25.2 Å². The van der Waals surface area contributed by atoms with E-state index in [1.807, 2.05) is 28.8 Å². The van der Waals surface area contributed by atoms with Crippen molar-refractivity contribution in [3.05, 3.63) is 138 Å². The minimum absolute atomic E-state index is 0.0139. The highest BCUT2D eigenvalue weighted by Crippen LogP contribution is 2.45. The van der Waals surface area contributed by atoms with Crippen LogP contribution in [-0.4, -0.2) is 11.3 Å². The Bertz CT molecular complexity index is 2220. The maximum Gasteiger partial charge on any atom is 0.263 e. The van der Waals surface area contributed by atoms with Gasteiger partial charge in [-0.2, -0.15) is 0 Å². The number of benzene rings is 6. The van der Waals surface area contributed by atoms with Gasteiger partial charge < -0.3 is 4.90 Å². The van der Waals surface area contributed by atoms with E-state index in [-0.39, 0.29) is 12.3 Å². The molecule has 180 valence electrons. The van der Waals surface area contributed by atoms with Gasteiger partial charge in [0.05, 0.1) is 11.2 Å². The first-order chi connectivity index (χ1) is 19.3. The molecule has 39 heavy (non-hydrogen) atoms. The van der Waals surface area contributed by atoms with Gasteiger partial charge in [-0.15, -0.1) is 0 Å². The van der Waals surface area contributed by atoms with Crippen LogP contribution in [0.1, 0.15) is 0 Å². The standard InChI is InChI=1S/C35H21BN2O/c39-35-26-17-7-5-15-24(26)31-23-14-4-6-16-25(23)33-32-34(31)38(35)30-21-11-9-19-28(30)36(32)27-18-8-10-20-29(27)37(33)22-12-2-1-3-13-22/h1-21H. The maximum atomic E-state index is 14.3. The second-order valence-electron chi connectivity index (χ2n) is 10.4. The zero-order chi connectivity index (χ0) is 25.7. The normalized spacial score (nSPS) is 13.1. The van der Waals surface area contributed by atoms with E-state index in [0.29, 0.717) is 0 Å². The van der Waals surface area contributed by atoms with Crippen LogP contribution in [0.25, 0.3) is 38.1 Å². The number of rotatable bonds is 1. The van der Waals surface area contributed by atoms with Crippen molar-refractivity contribution in [2.45, 2.75) is 0 Å². The SMILES string of the molecule is O=c1c2ccccc2c2c3ccccc3c3c4c2n1-c1ccccc1B4c1ccccc1N3c1ccccc1. The van der Waals surface area contributed by atoms with Gasteiger partial charge in [0.2, 0.25) is 0 Å². The molecule has 0 amide bonds. The Morgan fingerprint density at radius 1 is 0.513 bits per heavy atom. The van der Waals surface area contributed by atoms with Crippen molar-refractivity contribution in [3.63, 3.8) is 0 Å². The van der Waals surface area contributed by atoms with Crippen molar-refractivity contribution in [1.82, 2.24) is 4.57 Å². The van der Waals surface area contributed by atoms with E-state index in [0.717, 1.165) is 44.1 Å². The molecule has 2 aliphatic rings. The van der Waals surface area contributed by atoms with Crippen LogP contribution in [0.2, 0.25) is 0 Å². The molecule has 0 spiro atoms. The Hall–Kier alpha value is -5.09. The lowest BCUT2D eigenvalue weighted by Gasteiger charge is -2.41. The predicted octanol–water partition coefficient (Wildman–Crippen LogP) is 5.91. The highest BCUT2D eigenvalue weighted by Gasteiger charge is 2.42. The smallest absolute Gasteiger partial charge is 0.263 e. The molecule has 9 rings (SSSR count). The summed E-state index contributed by atoms with van der Waals surface area (Å²) < 4.78 is 1.99. The summed E-state index contributed by atoms with van der Waals surface area (Å²) in [6.07, 6.45) is 0. The fourth-order valence-corrected chi connectivity index (χ4v) is 7.10. The predicted molar refractivity (Wildman–Crippen MR) is 164 cm³/mol. The van der Waals surface area contributed by atoms with Crippen molar-refractivity contribution in [2.75, 3.05) is 4.90 Å². The van der Waals surface area contributed by atoms with Crippen LogP contribution >= 0.6 is 0 Å². The lowest BCUT2D eigenvalue weighted by Crippen LogP contribution is -2.61. The first-order valence-electron chi connectivity index (χ1n) is 13.4. The summed E-state index contributed by atoms with van der Waals surface area (Å²) in [7, 11) is 0. The van der Waals surface area contributed by atoms with Gasteiger partial charge in [0.1, 0.15) is 0 Å². The monoisotopic (exact) mass is 496 g/mol. The van der Waals surface area contributed by atoms with Crippen LogP contribution in [-0.2, 0) is 0 Å². The zero-order valence-electron chi connectivity index (χ0n) is 21.0. The molecule has 0 unspecified atom stereocenters. The molecule has 0 saturated heterocycles. The third-order valence-corrected chi connectivity index (χ3v) is 8.56. The van der Waals surface area contributed by atoms with E-state index in [1.54, 1.807) is 0 Å². The van der Waals surface area contributed by atoms with Crippen molar-refractivity contribution in [1.29, 1.82) is 0 Å². The van der Waals surface area contributed by atoms with Crippen LogP contribution < -0.4 is 26.8 Å². The third-order valence-electron chi connectivity index (χ3n) is 8.56. The van der Waals surface area contributed by atoms with Gasteiger partial charge in [0.25, 0.3) is 12.3 Å². The summed E-state index contributed by atoms with van der Waals surface area (Å²) in [6, 6.07) is 44.6. The molecular formula is C35H21BN2O. The Morgan fingerprint density at radius 3 is 1.79 bits per heavy atom. The lowest BCUT2D eigenvalue weighted by molar-refractivity contribution is 1.07. The molecule has 4 heteroatoms. The largest absolute Gasteiger partial charge is 0.311 e. The van der Waals surface area contributed by atoms with Gasteiger partial charge in [-0.05, 0) is 57.5 Å². The molecule has 0 N–H and O–H groups in total. The van der Waals surface area contributed by atoms with Gasteiger partial charge in [-0.3, -0.25) is 9.36 Å². The molecule has 0 radical (unpaired) electrons. The minimum Gasteiger partial charge on any atom is -0.311 e. The number of pyridine rings is 1. The van der Waals surface area contributed by atoms with Crippen molar-refractivity contribution in [3.8, 4) is 5.69 Å². The second kappa shape index (κ2) is 7.49. The number of anilines is 3. The van der Waals surface area contributed by atoms with E-state index in [9.17, 15) is 4.79 Å². The summed E-state index contributed by atoms with van der Waals surface area (Å²) in [4.78, 5) is 16.7. The number of para-hydroxylation sites is 3. The highest BCUT2D eigenvalue weighted by molar-refractivity contribution is 7.00. The van der Waals surface area contributed by atoms with E-state index in [4.69, 9.17) is 0 Å². The number of fused-ring (bicyclic) bond motifs is 10. The fourth-order valence-electron chi connectivity index (χ4n) is 7.10. The molecule has 0 fully saturated rings. The summed E-state index contributed by atoms with van der Waals surface area (Å²) in [6.45, 7) is 0.0139. The molecule has 0 aliphatic carbocycles. The number of hydrogen-bond donors (Lipinski definition) is 0. The van der Waals surface area contributed by atoms with Crippen molar-refractivity contribution >= 4 is 72.6 Å². The molecular weight excluding hydrogens is 475 g/mol. The number of nitrogens with zero attached hydrogens (tertiary/aromatic N) is 2. The van der Waals surface area contributed by atoms with Gasteiger partial charge in [-0.25, -0.2) is 0 Å². The van der Waals surface area contributed by atoms with Crippen LogP contribution in [0.5, 0.6) is 0 Å². The summed E-state index contributed by atoms with van der Waals surface area (Å²) in [5.74, 6) is 0. The Kier molecular flexibility index (Phi) is 4.02. The zero-order valence-corrected chi connectivity index (χ0v) is 21.0. The Balaban J connectivity index is 1.63. The second-order valence-corrected chi connectivity index (χ2v) is 10.4. The molecule has 0 atom stereocenters. The first kappa shape index (κ1) is 20.9. The first-order valence-corrected chi connectivity index (χ1v) is 13.4. The molecule has 2 aliphatic heterocycles. The lowest BCUT2D eigenvalue weighted by atomic mass is 9.33. The fraction of sp³-hybridized carbons (Fsp3) is 0. The molecule has 0 bridgehead atoms. The van der Waals surface area contributed by atoms with Gasteiger partial charge >= 0.3 is 0 Å². The molecule has 7 aromatic rings. The molecule has 3 nitrogen and oxygen atoms in total. The Morgan fingerprint density at radius 2 is 1.05 bits per heavy atom. The van der Waals surface area contributed by atoms with E-state index in [1.165, 1.54) is 27.5 Å². The van der Waals surface area contributed by atoms with Crippen LogP contribution in [0.15, 0.2) is 132 Å². The third kappa shape index (κ3) is 2.56. The van der Waals surface area contributed by atoms with Crippen molar-refractivity contribution < 1.29 is 0 Å². The van der Waals surface area contributed by atoms with Crippen molar-refractivity contribution in [2.24, 2.45) is 0 Å². The van der Waals surface area contributed by atoms with E-state index >= 15 is 0 Å². The molecule has 1 aromatic heterocycles. The Labute approximate surface area is 225 Å². The van der Waals surface area contributed by atoms with Crippen LogP contribution in [0, 0.1) is 0 Å². The number of hydrogen-bond acceptors (Lipinski definition) is 2. The van der Waals surface area contributed by atoms with Gasteiger partial charge in [0, 0.05) is 33.2 Å². The van der Waals surface area contributed by atoms with Crippen LogP contribution in [0.3, 0.4) is 0 Å². The highest BCUT2D eigenvalue weighted by atomic mass is 16.1. The average molecular weight is 496 g/mol. The molecule has 3 heterocycles. The summed E-state index contributed by atoms with van der Waals surface area (Å²) >= 11 is 0.